The van der Waals surface area contributed by atoms with Gasteiger partial charge in [-0.1, -0.05) is 50.2 Å². The molecule has 47 heavy (non-hydrogen) atoms. The van der Waals surface area contributed by atoms with Crippen LogP contribution in [0.15, 0.2) is 71.6 Å². The maximum absolute atomic E-state index is 13.5. The summed E-state index contributed by atoms with van der Waals surface area (Å²) in [5, 5.41) is 0. The van der Waals surface area contributed by atoms with Crippen LogP contribution in [-0.2, 0) is 9.59 Å². The summed E-state index contributed by atoms with van der Waals surface area (Å²) in [5.41, 5.74) is 6.79. The van der Waals surface area contributed by atoms with Gasteiger partial charge in [-0.2, -0.15) is 0 Å². The zero-order chi connectivity index (χ0) is 32.5. The Bertz CT molecular complexity index is 1630. The van der Waals surface area contributed by atoms with Crippen LogP contribution in [0.25, 0.3) is 11.4 Å². The molecule has 2 amide bonds. The lowest BCUT2D eigenvalue weighted by atomic mass is 9.75. The highest BCUT2D eigenvalue weighted by Gasteiger charge is 2.37. The Morgan fingerprint density at radius 1 is 0.787 bits per heavy atom. The maximum Gasteiger partial charge on any atom is 0.230 e. The quantitative estimate of drug-likeness (QED) is 0.277. The van der Waals surface area contributed by atoms with Gasteiger partial charge in [0.1, 0.15) is 5.82 Å². The third kappa shape index (κ3) is 6.43. The van der Waals surface area contributed by atoms with Crippen LogP contribution in [0.1, 0.15) is 113 Å². The van der Waals surface area contributed by atoms with Crippen LogP contribution < -0.4 is 0 Å². The van der Waals surface area contributed by atoms with E-state index in [9.17, 15) is 9.59 Å². The topological polar surface area (TPSA) is 94.5 Å². The van der Waals surface area contributed by atoms with Crippen molar-refractivity contribution < 1.29 is 9.59 Å². The van der Waals surface area contributed by atoms with Crippen LogP contribution in [0.5, 0.6) is 0 Å². The highest BCUT2D eigenvalue weighted by atomic mass is 16.2. The number of benzene rings is 1. The lowest BCUT2D eigenvalue weighted by Gasteiger charge is -2.30. The van der Waals surface area contributed by atoms with Gasteiger partial charge in [-0.15, -0.1) is 0 Å². The molecule has 2 saturated heterocycles. The lowest BCUT2D eigenvalue weighted by Crippen LogP contribution is -2.42. The zero-order valence-electron chi connectivity index (χ0n) is 28.1. The Morgan fingerprint density at radius 3 is 2.19 bits per heavy atom. The zero-order valence-corrected chi connectivity index (χ0v) is 28.1. The number of pyridine rings is 1. The number of imidazole rings is 1. The van der Waals surface area contributed by atoms with Gasteiger partial charge < -0.3 is 14.8 Å². The van der Waals surface area contributed by atoms with Crippen molar-refractivity contribution in [2.45, 2.75) is 102 Å². The van der Waals surface area contributed by atoms with Crippen LogP contribution in [-0.4, -0.2) is 61.4 Å². The van der Waals surface area contributed by atoms with Gasteiger partial charge in [0.05, 0.1) is 35.6 Å². The number of nitrogens with zero attached hydrogens (tertiary/aromatic N) is 5. The first-order valence-electron chi connectivity index (χ1n) is 17.8. The van der Waals surface area contributed by atoms with Crippen LogP contribution in [0, 0.1) is 11.8 Å². The monoisotopic (exact) mass is 632 g/mol. The second-order valence-corrected chi connectivity index (χ2v) is 14.4. The van der Waals surface area contributed by atoms with Crippen molar-refractivity contribution in [3.05, 3.63) is 83.6 Å². The van der Waals surface area contributed by atoms with Crippen LogP contribution in [0.4, 0.5) is 0 Å². The van der Waals surface area contributed by atoms with Crippen molar-refractivity contribution in [3.63, 3.8) is 0 Å². The van der Waals surface area contributed by atoms with Gasteiger partial charge in [0.25, 0.3) is 0 Å². The number of aliphatic imine (C=N–C) groups is 1. The number of aromatic amines is 1. The van der Waals surface area contributed by atoms with Crippen molar-refractivity contribution >= 4 is 17.5 Å². The number of amides is 2. The molecule has 0 radical (unpaired) electrons. The summed E-state index contributed by atoms with van der Waals surface area (Å²) in [6.45, 7) is 7.61. The van der Waals surface area contributed by atoms with E-state index in [0.29, 0.717) is 11.8 Å². The van der Waals surface area contributed by atoms with Crippen molar-refractivity contribution in [2.75, 3.05) is 13.1 Å². The molecule has 1 saturated carbocycles. The minimum Gasteiger partial charge on any atom is -0.339 e. The second kappa shape index (κ2) is 13.6. The molecule has 1 aliphatic carbocycles. The summed E-state index contributed by atoms with van der Waals surface area (Å²) in [6.07, 6.45) is 15.6. The number of nitrogens with one attached hydrogen (secondary N) is 1. The summed E-state index contributed by atoms with van der Waals surface area (Å²) in [4.78, 5) is 48.2. The van der Waals surface area contributed by atoms with Crippen molar-refractivity contribution in [1.82, 2.24) is 24.8 Å². The smallest absolute Gasteiger partial charge is 0.230 e. The Morgan fingerprint density at radius 2 is 1.49 bits per heavy atom. The Hall–Kier alpha value is -4.07. The van der Waals surface area contributed by atoms with E-state index in [2.05, 4.69) is 28.2 Å². The molecule has 1 aromatic carbocycles. The number of likely N-dealkylation sites (tertiary alicyclic amines) is 2. The largest absolute Gasteiger partial charge is 0.339 e. The van der Waals surface area contributed by atoms with Gasteiger partial charge in [0.15, 0.2) is 0 Å². The van der Waals surface area contributed by atoms with Gasteiger partial charge in [0, 0.05) is 43.5 Å². The molecule has 3 atom stereocenters. The molecule has 8 nitrogen and oxygen atoms in total. The minimum absolute atomic E-state index is 0.0343. The predicted octanol–water partition coefficient (Wildman–Crippen LogP) is 7.59. The molecule has 5 heterocycles. The summed E-state index contributed by atoms with van der Waals surface area (Å²) in [5.74, 6) is 2.22. The van der Waals surface area contributed by atoms with Crippen LogP contribution in [0.3, 0.4) is 0 Å². The first-order valence-corrected chi connectivity index (χ1v) is 17.8. The molecular formula is C39H48N6O2. The van der Waals surface area contributed by atoms with E-state index in [1.165, 1.54) is 29.7 Å². The fourth-order valence-corrected chi connectivity index (χ4v) is 8.32. The van der Waals surface area contributed by atoms with Crippen molar-refractivity contribution in [2.24, 2.45) is 16.8 Å². The van der Waals surface area contributed by atoms with Crippen molar-refractivity contribution in [3.8, 4) is 11.4 Å². The van der Waals surface area contributed by atoms with Gasteiger partial charge in [-0.3, -0.25) is 19.6 Å². The van der Waals surface area contributed by atoms with Crippen LogP contribution in [0.2, 0.25) is 0 Å². The first kappa shape index (κ1) is 31.5. The number of carbonyl (C=O) groups excluding carboxylic acids is 2. The van der Waals surface area contributed by atoms with E-state index in [4.69, 9.17) is 15.0 Å². The highest BCUT2D eigenvalue weighted by molar-refractivity contribution is 5.97. The molecule has 7 rings (SSSR count). The third-order valence-corrected chi connectivity index (χ3v) is 11.1. The number of carbonyl (C=O) groups is 2. The van der Waals surface area contributed by atoms with Crippen LogP contribution >= 0.6 is 0 Å². The van der Waals surface area contributed by atoms with E-state index >= 15 is 0 Å². The number of aromatic nitrogens is 3. The fraction of sp³-hybridized carbons (Fsp3) is 0.513. The molecule has 246 valence electrons. The standard InChI is InChI=1S/C39H48N6O2/c1-25(2)38(46)44-19-7-11-35(44)33-21-31(23-41-33)29-15-13-28(14-16-29)30-17-18-32(40-22-30)34-24-42-37(43-34)36-12-8-20-45(36)39(47)26(3)27-9-5-4-6-10-27/h4-6,9-10,17-18,22-26,28-29,35-36H,7-8,11-16,19-21H2,1-3H3,(H,42,43)/t26-,28?,29?,35+,36+/m1/s1. The molecule has 2 aromatic heterocycles. The molecule has 4 aliphatic rings. The maximum atomic E-state index is 13.5. The number of hydrogen-bond acceptors (Lipinski definition) is 5. The predicted molar refractivity (Wildman–Crippen MR) is 185 cm³/mol. The molecule has 3 fully saturated rings. The summed E-state index contributed by atoms with van der Waals surface area (Å²) >= 11 is 0. The average Bonchev–Trinajstić information content (AvgIpc) is 3.94. The highest BCUT2D eigenvalue weighted by Crippen LogP contribution is 2.41. The Balaban J connectivity index is 0.929. The third-order valence-electron chi connectivity index (χ3n) is 11.1. The number of H-pyrrole nitrogens is 1. The number of hydrogen-bond donors (Lipinski definition) is 1. The van der Waals surface area contributed by atoms with E-state index in [-0.39, 0.29) is 35.7 Å². The van der Waals surface area contributed by atoms with Gasteiger partial charge >= 0.3 is 0 Å². The Labute approximate surface area is 278 Å². The number of allylic oxidation sites excluding steroid dienone is 1. The molecular weight excluding hydrogens is 584 g/mol. The van der Waals surface area contributed by atoms with Crippen molar-refractivity contribution in [1.29, 1.82) is 0 Å². The van der Waals surface area contributed by atoms with Gasteiger partial charge in [-0.05, 0) is 92.9 Å². The second-order valence-electron chi connectivity index (χ2n) is 14.4. The molecule has 1 N–H and O–H groups in total. The first-order chi connectivity index (χ1) is 22.9. The van der Waals surface area contributed by atoms with E-state index < -0.39 is 0 Å². The summed E-state index contributed by atoms with van der Waals surface area (Å²) < 4.78 is 0. The molecule has 3 aromatic rings. The lowest BCUT2D eigenvalue weighted by molar-refractivity contribution is -0.134. The van der Waals surface area contributed by atoms with Gasteiger partial charge in [-0.25, -0.2) is 4.98 Å². The van der Waals surface area contributed by atoms with E-state index in [0.717, 1.165) is 80.8 Å². The SMILES string of the molecule is CC(C)C(=O)N1CCC[C@H]1C1=NC=C(C2CCC(c3ccc(-c4cnc([C@@H]5CCCN5C(=O)[C@H](C)c5ccccc5)[nH]4)nc3)CC2)C1. The summed E-state index contributed by atoms with van der Waals surface area (Å²) in [6, 6.07) is 14.5. The molecule has 8 heteroatoms. The van der Waals surface area contributed by atoms with E-state index in [1.54, 1.807) is 0 Å². The van der Waals surface area contributed by atoms with Gasteiger partial charge in [0.2, 0.25) is 11.8 Å². The van der Waals surface area contributed by atoms with E-state index in [1.807, 2.05) is 68.4 Å². The molecule has 0 spiro atoms. The Kier molecular flexibility index (Phi) is 9.11. The average molecular weight is 633 g/mol. The number of rotatable bonds is 8. The molecule has 3 aliphatic heterocycles. The molecule has 0 unspecified atom stereocenters. The minimum atomic E-state index is -0.180. The molecule has 0 bridgehead atoms. The fourth-order valence-electron chi connectivity index (χ4n) is 8.32. The normalized spacial score (nSPS) is 25.3. The summed E-state index contributed by atoms with van der Waals surface area (Å²) in [7, 11) is 0.